The van der Waals surface area contributed by atoms with E-state index in [4.69, 9.17) is 4.74 Å². The van der Waals surface area contributed by atoms with Crippen molar-refractivity contribution in [3.05, 3.63) is 59.2 Å². The van der Waals surface area contributed by atoms with Gasteiger partial charge in [-0.3, -0.25) is 9.80 Å². The van der Waals surface area contributed by atoms with Gasteiger partial charge in [-0.05, 0) is 34.9 Å². The average molecular weight is 416 g/mol. The number of ether oxygens (including phenoxy) is 1. The molecule has 2 aromatic rings. The molecule has 4 rings (SSSR count). The van der Waals surface area contributed by atoms with Crippen LogP contribution in [0, 0.1) is 0 Å². The summed E-state index contributed by atoms with van der Waals surface area (Å²) in [6.45, 7) is 6.55. The number of hydrogen-bond donors (Lipinski definition) is 0. The fourth-order valence-electron chi connectivity index (χ4n) is 3.98. The van der Waals surface area contributed by atoms with Crippen molar-refractivity contribution in [2.24, 2.45) is 0 Å². The molecule has 0 radical (unpaired) electrons. The number of sulfonamides is 1. The predicted octanol–water partition coefficient (Wildman–Crippen LogP) is 2.19. The fraction of sp³-hybridized carbons (Fsp3) is 0.455. The zero-order valence-electron chi connectivity index (χ0n) is 17.2. The molecule has 0 N–H and O–H groups in total. The van der Waals surface area contributed by atoms with Crippen LogP contribution in [0.2, 0.25) is 0 Å². The molecule has 7 heteroatoms. The zero-order valence-corrected chi connectivity index (χ0v) is 18.0. The van der Waals surface area contributed by atoms with Crippen LogP contribution in [0.25, 0.3) is 0 Å². The smallest absolute Gasteiger partial charge is 0.242 e. The lowest BCUT2D eigenvalue weighted by molar-refractivity contribution is 0.122. The highest BCUT2D eigenvalue weighted by Gasteiger charge is 2.20. The second-order valence-electron chi connectivity index (χ2n) is 8.03. The van der Waals surface area contributed by atoms with E-state index in [9.17, 15) is 8.42 Å². The monoisotopic (exact) mass is 415 g/mol. The highest BCUT2D eigenvalue weighted by molar-refractivity contribution is 7.89. The Hall–Kier alpha value is -1.93. The minimum atomic E-state index is -3.39. The van der Waals surface area contributed by atoms with E-state index in [1.807, 2.05) is 12.1 Å². The molecule has 2 aromatic carbocycles. The van der Waals surface area contributed by atoms with Crippen molar-refractivity contribution in [2.45, 2.75) is 24.4 Å². The van der Waals surface area contributed by atoms with Crippen molar-refractivity contribution in [1.82, 2.24) is 14.1 Å². The third-order valence-electron chi connectivity index (χ3n) is 5.71. The number of fused-ring (bicyclic) bond motifs is 1. The van der Waals surface area contributed by atoms with Crippen LogP contribution in [-0.4, -0.2) is 69.4 Å². The number of piperazine rings is 1. The molecule has 0 aromatic heterocycles. The van der Waals surface area contributed by atoms with Crippen molar-refractivity contribution in [2.75, 3.05) is 46.9 Å². The highest BCUT2D eigenvalue weighted by Crippen LogP contribution is 2.26. The average Bonchev–Trinajstić information content (AvgIpc) is 3.17. The van der Waals surface area contributed by atoms with Crippen molar-refractivity contribution in [1.29, 1.82) is 0 Å². The molecule has 6 nitrogen and oxygen atoms in total. The van der Waals surface area contributed by atoms with Gasteiger partial charge in [0.2, 0.25) is 10.0 Å². The van der Waals surface area contributed by atoms with E-state index in [1.54, 1.807) is 26.2 Å². The molecule has 2 heterocycles. The minimum Gasteiger partial charge on any atom is -0.493 e. The Bertz CT molecular complexity index is 967. The molecule has 0 amide bonds. The summed E-state index contributed by atoms with van der Waals surface area (Å²) in [5.41, 5.74) is 3.72. The van der Waals surface area contributed by atoms with Crippen LogP contribution in [0.3, 0.4) is 0 Å². The van der Waals surface area contributed by atoms with Gasteiger partial charge in [-0.15, -0.1) is 0 Å². The fourth-order valence-corrected chi connectivity index (χ4v) is 4.95. The molecule has 156 valence electrons. The third kappa shape index (κ3) is 4.64. The topological polar surface area (TPSA) is 53.1 Å². The summed E-state index contributed by atoms with van der Waals surface area (Å²) >= 11 is 0. The maximum absolute atomic E-state index is 12.4. The lowest BCUT2D eigenvalue weighted by Gasteiger charge is -2.34. The Morgan fingerprint density at radius 1 is 0.931 bits per heavy atom. The van der Waals surface area contributed by atoms with Crippen molar-refractivity contribution < 1.29 is 13.2 Å². The molecule has 1 saturated heterocycles. The van der Waals surface area contributed by atoms with Crippen LogP contribution >= 0.6 is 0 Å². The van der Waals surface area contributed by atoms with E-state index in [1.165, 1.54) is 15.4 Å². The zero-order chi connectivity index (χ0) is 20.4. The summed E-state index contributed by atoms with van der Waals surface area (Å²) in [5.74, 6) is 1.04. The Kier molecular flexibility index (Phi) is 5.92. The summed E-state index contributed by atoms with van der Waals surface area (Å²) < 4.78 is 31.6. The lowest BCUT2D eigenvalue weighted by atomic mass is 10.1. The van der Waals surface area contributed by atoms with Crippen LogP contribution in [0.5, 0.6) is 5.75 Å². The highest BCUT2D eigenvalue weighted by atomic mass is 32.2. The van der Waals surface area contributed by atoms with Gasteiger partial charge in [0.1, 0.15) is 5.75 Å². The Balaban J connectivity index is 1.32. The molecule has 0 spiro atoms. The molecular weight excluding hydrogens is 386 g/mol. The van der Waals surface area contributed by atoms with Gasteiger partial charge in [-0.2, -0.15) is 0 Å². The Labute approximate surface area is 173 Å². The second-order valence-corrected chi connectivity index (χ2v) is 10.2. The minimum absolute atomic E-state index is 0.360. The van der Waals surface area contributed by atoms with Gasteiger partial charge in [-0.1, -0.05) is 24.3 Å². The quantitative estimate of drug-likeness (QED) is 0.724. The standard InChI is InChI=1S/C22H29N3O3S/c1-23(2)29(26,27)21-5-3-4-18(15-21)16-24-9-11-25(12-10-24)17-19-6-7-22-20(14-19)8-13-28-22/h3-7,14-15H,8-13,16-17H2,1-2H3. The van der Waals surface area contributed by atoms with Crippen LogP contribution in [0.1, 0.15) is 16.7 Å². The Morgan fingerprint density at radius 3 is 2.24 bits per heavy atom. The van der Waals surface area contributed by atoms with E-state index in [2.05, 4.69) is 28.0 Å². The molecule has 0 aliphatic carbocycles. The van der Waals surface area contributed by atoms with Crippen molar-refractivity contribution >= 4 is 10.0 Å². The first-order valence-electron chi connectivity index (χ1n) is 10.1. The molecular formula is C22H29N3O3S. The van der Waals surface area contributed by atoms with Crippen LogP contribution in [0.4, 0.5) is 0 Å². The predicted molar refractivity (Wildman–Crippen MR) is 114 cm³/mol. The molecule has 2 aliphatic heterocycles. The third-order valence-corrected chi connectivity index (χ3v) is 7.52. The first-order valence-corrected chi connectivity index (χ1v) is 11.6. The molecule has 2 aliphatic rings. The van der Waals surface area contributed by atoms with Gasteiger partial charge in [0.05, 0.1) is 11.5 Å². The number of rotatable bonds is 6. The molecule has 1 fully saturated rings. The SMILES string of the molecule is CN(C)S(=O)(=O)c1cccc(CN2CCN(Cc3ccc4c(c3)CCO4)CC2)c1. The summed E-state index contributed by atoms with van der Waals surface area (Å²) in [7, 11) is -0.261. The van der Waals surface area contributed by atoms with Crippen molar-refractivity contribution in [3.63, 3.8) is 0 Å². The van der Waals surface area contributed by atoms with Gasteiger partial charge >= 0.3 is 0 Å². The number of hydrogen-bond acceptors (Lipinski definition) is 5. The molecule has 0 saturated carbocycles. The van der Waals surface area contributed by atoms with Gasteiger partial charge in [0.25, 0.3) is 0 Å². The van der Waals surface area contributed by atoms with Gasteiger partial charge in [0.15, 0.2) is 0 Å². The van der Waals surface area contributed by atoms with E-state index in [0.717, 1.165) is 63.6 Å². The molecule has 0 unspecified atom stereocenters. The molecule has 29 heavy (non-hydrogen) atoms. The van der Waals surface area contributed by atoms with E-state index in [0.29, 0.717) is 4.90 Å². The van der Waals surface area contributed by atoms with Crippen LogP contribution in [0.15, 0.2) is 47.4 Å². The number of benzene rings is 2. The number of nitrogens with zero attached hydrogens (tertiary/aromatic N) is 3. The first-order chi connectivity index (χ1) is 13.9. The van der Waals surface area contributed by atoms with Gasteiger partial charge in [0, 0.05) is 59.8 Å². The van der Waals surface area contributed by atoms with E-state index >= 15 is 0 Å². The lowest BCUT2D eigenvalue weighted by Crippen LogP contribution is -2.45. The second kappa shape index (κ2) is 8.44. The first kappa shape index (κ1) is 20.3. The van der Waals surface area contributed by atoms with Crippen LogP contribution < -0.4 is 4.74 Å². The summed E-state index contributed by atoms with van der Waals surface area (Å²) in [4.78, 5) is 5.24. The van der Waals surface area contributed by atoms with E-state index in [-0.39, 0.29) is 0 Å². The van der Waals surface area contributed by atoms with Crippen LogP contribution in [-0.2, 0) is 29.5 Å². The largest absolute Gasteiger partial charge is 0.493 e. The molecule has 0 atom stereocenters. The maximum atomic E-state index is 12.4. The Morgan fingerprint density at radius 2 is 1.59 bits per heavy atom. The maximum Gasteiger partial charge on any atom is 0.242 e. The van der Waals surface area contributed by atoms with Gasteiger partial charge < -0.3 is 4.74 Å². The summed E-state index contributed by atoms with van der Waals surface area (Å²) in [6, 6.07) is 13.9. The summed E-state index contributed by atoms with van der Waals surface area (Å²) in [6.07, 6.45) is 1.01. The van der Waals surface area contributed by atoms with Gasteiger partial charge in [-0.25, -0.2) is 12.7 Å². The normalized spacial score (nSPS) is 18.0. The molecule has 0 bridgehead atoms. The summed E-state index contributed by atoms with van der Waals surface area (Å²) in [5, 5.41) is 0. The van der Waals surface area contributed by atoms with E-state index < -0.39 is 10.0 Å². The van der Waals surface area contributed by atoms with Crippen molar-refractivity contribution in [3.8, 4) is 5.75 Å².